The number of rotatable bonds is 7. The SMILES string of the molecule is COc1cc(-c2cc(C#N)c(-c3cc(F)ccc3OC)c(C(=O)NC3=NC(C)(C)CN3)c2O)c(F)cc1-c1c(C#N)ccc(O)c1C(=O)NC1=NC2CC2N1. The van der Waals surface area contributed by atoms with Gasteiger partial charge in [-0.1, -0.05) is 0 Å². The molecule has 0 aromatic heterocycles. The number of carbonyl (C=O) groups excluding carboxylic acids is 2. The van der Waals surface area contributed by atoms with Gasteiger partial charge in [-0.2, -0.15) is 10.5 Å². The quantitative estimate of drug-likeness (QED) is 0.157. The van der Waals surface area contributed by atoms with Gasteiger partial charge < -0.3 is 30.3 Å². The number of benzene rings is 4. The molecule has 0 saturated heterocycles. The molecule has 14 nitrogen and oxygen atoms in total. The van der Waals surface area contributed by atoms with Crippen LogP contribution in [-0.2, 0) is 0 Å². The monoisotopic (exact) mass is 746 g/mol. The number of aromatic hydroxyl groups is 2. The second-order valence-corrected chi connectivity index (χ2v) is 13.6. The van der Waals surface area contributed by atoms with Gasteiger partial charge in [-0.25, -0.2) is 18.8 Å². The summed E-state index contributed by atoms with van der Waals surface area (Å²) in [4.78, 5) is 36.5. The standard InChI is InChI=1S/C39H32F2N8O6/c1-39(2)16-44-37(49-39)47-36(53)33-31(22-10-19(40)6-8-28(22)54-3)18(15-43)9-21(34(33)51)20-12-29(55-4)23(11-24(20)41)30-17(14-42)5-7-27(50)32(30)35(52)48-38-45-25-13-26(25)46-38/h5-12,25-26,50-51H,13,16H2,1-4H3,(H2,44,47,49,53)(H2,45,46,48,52). The Kier molecular flexibility index (Phi) is 8.98. The fourth-order valence-corrected chi connectivity index (χ4v) is 6.68. The third kappa shape index (κ3) is 6.54. The molecule has 0 radical (unpaired) electrons. The van der Waals surface area contributed by atoms with Crippen molar-refractivity contribution in [3.63, 3.8) is 0 Å². The number of ether oxygens (including phenoxy) is 2. The van der Waals surface area contributed by atoms with Crippen molar-refractivity contribution >= 4 is 23.7 Å². The second-order valence-electron chi connectivity index (χ2n) is 13.6. The highest BCUT2D eigenvalue weighted by molar-refractivity contribution is 6.14. The van der Waals surface area contributed by atoms with Crippen molar-refractivity contribution in [1.82, 2.24) is 21.3 Å². The molecule has 2 amide bonds. The number of halogens is 2. The Labute approximate surface area is 312 Å². The molecule has 0 bridgehead atoms. The van der Waals surface area contributed by atoms with Crippen LogP contribution in [0.2, 0.25) is 0 Å². The van der Waals surface area contributed by atoms with Gasteiger partial charge in [-0.15, -0.1) is 0 Å². The number of phenols is 2. The molecule has 16 heteroatoms. The van der Waals surface area contributed by atoms with Crippen LogP contribution in [0, 0.1) is 34.3 Å². The van der Waals surface area contributed by atoms with Gasteiger partial charge in [-0.3, -0.25) is 20.2 Å². The Morgan fingerprint density at radius 2 is 1.53 bits per heavy atom. The number of amides is 2. The van der Waals surface area contributed by atoms with Gasteiger partial charge in [0.25, 0.3) is 11.8 Å². The Balaban J connectivity index is 1.41. The highest BCUT2D eigenvalue weighted by Gasteiger charge is 2.43. The number of nitriles is 2. The summed E-state index contributed by atoms with van der Waals surface area (Å²) in [5, 5.41) is 54.5. The zero-order valence-electron chi connectivity index (χ0n) is 29.8. The van der Waals surface area contributed by atoms with Crippen LogP contribution in [0.1, 0.15) is 52.1 Å². The van der Waals surface area contributed by atoms with Crippen molar-refractivity contribution in [1.29, 1.82) is 10.5 Å². The van der Waals surface area contributed by atoms with Gasteiger partial charge in [0.05, 0.1) is 66.2 Å². The van der Waals surface area contributed by atoms with E-state index in [0.29, 0.717) is 6.54 Å². The minimum Gasteiger partial charge on any atom is -0.507 e. The van der Waals surface area contributed by atoms with E-state index < -0.39 is 46.1 Å². The topological polar surface area (TPSA) is 213 Å². The molecule has 0 spiro atoms. The summed E-state index contributed by atoms with van der Waals surface area (Å²) in [5.41, 5.74) is -3.02. The predicted octanol–water partition coefficient (Wildman–Crippen LogP) is 4.44. The average Bonchev–Trinajstić information content (AvgIpc) is 3.61. The number of guanidine groups is 2. The minimum atomic E-state index is -1.04. The number of aliphatic imine (C=N–C) groups is 2. The maximum Gasteiger partial charge on any atom is 0.262 e. The molecule has 3 aliphatic rings. The molecule has 4 aromatic carbocycles. The van der Waals surface area contributed by atoms with Crippen LogP contribution in [0.15, 0.2) is 58.5 Å². The molecule has 2 atom stereocenters. The van der Waals surface area contributed by atoms with E-state index in [1.54, 1.807) is 0 Å². The van der Waals surface area contributed by atoms with Crippen LogP contribution in [-0.4, -0.2) is 72.3 Å². The van der Waals surface area contributed by atoms with Crippen molar-refractivity contribution in [2.75, 3.05) is 20.8 Å². The van der Waals surface area contributed by atoms with E-state index in [2.05, 4.69) is 31.3 Å². The summed E-state index contributed by atoms with van der Waals surface area (Å²) in [5.74, 6) is -4.65. The highest BCUT2D eigenvalue weighted by atomic mass is 19.1. The number of phenolic OH excluding ortho intramolecular Hbond substituents is 2. The van der Waals surface area contributed by atoms with E-state index >= 15 is 4.39 Å². The average molecular weight is 747 g/mol. The maximum absolute atomic E-state index is 16.6. The number of hydrogen-bond donors (Lipinski definition) is 6. The third-order valence-electron chi connectivity index (χ3n) is 9.40. The van der Waals surface area contributed by atoms with Crippen LogP contribution >= 0.6 is 0 Å². The van der Waals surface area contributed by atoms with E-state index in [1.165, 1.54) is 26.4 Å². The number of carbonyl (C=O) groups is 2. The van der Waals surface area contributed by atoms with Crippen molar-refractivity contribution in [2.24, 2.45) is 9.98 Å². The third-order valence-corrected chi connectivity index (χ3v) is 9.40. The van der Waals surface area contributed by atoms with Gasteiger partial charge in [0.1, 0.15) is 34.6 Å². The summed E-state index contributed by atoms with van der Waals surface area (Å²) in [7, 11) is 2.55. The van der Waals surface area contributed by atoms with Crippen LogP contribution in [0.3, 0.4) is 0 Å². The van der Waals surface area contributed by atoms with E-state index in [-0.39, 0.29) is 85.6 Å². The van der Waals surface area contributed by atoms with Gasteiger partial charge in [0, 0.05) is 39.9 Å². The summed E-state index contributed by atoms with van der Waals surface area (Å²) in [6, 6.07) is 13.2. The fraction of sp³-hybridized carbons (Fsp3) is 0.231. The first kappa shape index (κ1) is 36.2. The largest absolute Gasteiger partial charge is 0.507 e. The van der Waals surface area contributed by atoms with Crippen molar-refractivity contribution in [2.45, 2.75) is 37.9 Å². The summed E-state index contributed by atoms with van der Waals surface area (Å²) in [6.45, 7) is 4.02. The summed E-state index contributed by atoms with van der Waals surface area (Å²) < 4.78 is 42.4. The number of nitrogens with one attached hydrogen (secondary N) is 4. The zero-order chi connectivity index (χ0) is 39.3. The van der Waals surface area contributed by atoms with Gasteiger partial charge in [0.15, 0.2) is 11.9 Å². The summed E-state index contributed by atoms with van der Waals surface area (Å²) >= 11 is 0. The smallest absolute Gasteiger partial charge is 0.262 e. The fourth-order valence-electron chi connectivity index (χ4n) is 6.68. The molecular formula is C39H32F2N8O6. The van der Waals surface area contributed by atoms with Crippen molar-refractivity contribution in [3.8, 4) is 68.5 Å². The van der Waals surface area contributed by atoms with Crippen LogP contribution < -0.4 is 30.7 Å². The van der Waals surface area contributed by atoms with E-state index in [1.807, 2.05) is 26.0 Å². The molecule has 1 fully saturated rings. The number of hydrogen-bond acceptors (Lipinski definition) is 12. The lowest BCUT2D eigenvalue weighted by Gasteiger charge is -2.20. The van der Waals surface area contributed by atoms with Crippen molar-refractivity contribution in [3.05, 3.63) is 82.4 Å². The van der Waals surface area contributed by atoms with E-state index in [0.717, 1.165) is 42.8 Å². The normalized spacial score (nSPS) is 17.3. The minimum absolute atomic E-state index is 0.0327. The molecule has 2 heterocycles. The zero-order valence-corrected chi connectivity index (χ0v) is 29.8. The molecule has 55 heavy (non-hydrogen) atoms. The Bertz CT molecular complexity index is 2490. The predicted molar refractivity (Wildman–Crippen MR) is 196 cm³/mol. The van der Waals surface area contributed by atoms with E-state index in [9.17, 15) is 34.7 Å². The Morgan fingerprint density at radius 3 is 2.16 bits per heavy atom. The lowest BCUT2D eigenvalue weighted by molar-refractivity contribution is 0.0965. The molecule has 1 saturated carbocycles. The maximum atomic E-state index is 16.6. The van der Waals surface area contributed by atoms with Gasteiger partial charge >= 0.3 is 0 Å². The number of nitrogens with zero attached hydrogens (tertiary/aromatic N) is 4. The Hall–Kier alpha value is -7.20. The highest BCUT2D eigenvalue weighted by Crippen LogP contribution is 2.47. The molecule has 6 N–H and O–H groups in total. The molecule has 1 aliphatic carbocycles. The van der Waals surface area contributed by atoms with Crippen LogP contribution in [0.4, 0.5) is 8.78 Å². The van der Waals surface area contributed by atoms with Gasteiger partial charge in [0.2, 0.25) is 0 Å². The molecule has 2 aliphatic heterocycles. The lowest BCUT2D eigenvalue weighted by atomic mass is 9.87. The Morgan fingerprint density at radius 1 is 0.855 bits per heavy atom. The first-order chi connectivity index (χ1) is 26.3. The van der Waals surface area contributed by atoms with Crippen LogP contribution in [0.5, 0.6) is 23.0 Å². The summed E-state index contributed by atoms with van der Waals surface area (Å²) in [6.07, 6.45) is 0.826. The first-order valence-corrected chi connectivity index (χ1v) is 16.9. The first-order valence-electron chi connectivity index (χ1n) is 16.9. The molecule has 4 aromatic rings. The van der Waals surface area contributed by atoms with Crippen LogP contribution in [0.25, 0.3) is 33.4 Å². The number of fused-ring (bicyclic) bond motifs is 1. The lowest BCUT2D eigenvalue weighted by Crippen LogP contribution is -2.40. The molecule has 7 rings (SSSR count). The van der Waals surface area contributed by atoms with E-state index in [4.69, 9.17) is 9.47 Å². The molecule has 278 valence electrons. The second kappa shape index (κ2) is 13.7. The number of methoxy groups -OCH3 is 2. The molecular weight excluding hydrogens is 714 g/mol. The van der Waals surface area contributed by atoms with Gasteiger partial charge in [-0.05, 0) is 68.8 Å². The molecule has 2 unspecified atom stereocenters. The van der Waals surface area contributed by atoms with Crippen molar-refractivity contribution < 1.29 is 38.1 Å².